The molecule has 1 fully saturated rings. The van der Waals surface area contributed by atoms with Gasteiger partial charge >= 0.3 is 6.18 Å². The van der Waals surface area contributed by atoms with Crippen molar-refractivity contribution in [2.75, 3.05) is 31.1 Å². The molecule has 1 aromatic carbocycles. The molecule has 152 valence electrons. The summed E-state index contributed by atoms with van der Waals surface area (Å²) in [6, 6.07) is 8.52. The summed E-state index contributed by atoms with van der Waals surface area (Å²) in [7, 11) is 0. The Labute approximate surface area is 170 Å². The van der Waals surface area contributed by atoms with Crippen LogP contribution in [0.3, 0.4) is 0 Å². The van der Waals surface area contributed by atoms with Crippen molar-refractivity contribution in [3.05, 3.63) is 58.4 Å². The van der Waals surface area contributed by atoms with Crippen LogP contribution in [-0.4, -0.2) is 47.0 Å². The van der Waals surface area contributed by atoms with E-state index >= 15 is 0 Å². The average molecular weight is 423 g/mol. The number of nitrogens with one attached hydrogen (secondary N) is 1. The standard InChI is InChI=1S/C20H18ClF3N4O/c1-12-17(14-4-2-3-5-16(14)26-12)19(29)28-8-6-27(7-9-28)18-15(21)10-13(11-25-18)20(22,23)24/h2-5,10-11,26H,6-9H2,1H3. The number of amides is 1. The van der Waals surface area contributed by atoms with E-state index in [9.17, 15) is 18.0 Å². The van der Waals surface area contributed by atoms with Crippen LogP contribution in [0.4, 0.5) is 19.0 Å². The third-order valence-corrected chi connectivity index (χ3v) is 5.40. The minimum Gasteiger partial charge on any atom is -0.358 e. The van der Waals surface area contributed by atoms with E-state index < -0.39 is 11.7 Å². The maximum Gasteiger partial charge on any atom is 0.417 e. The fraction of sp³-hybridized carbons (Fsp3) is 0.300. The smallest absolute Gasteiger partial charge is 0.358 e. The summed E-state index contributed by atoms with van der Waals surface area (Å²) < 4.78 is 38.4. The first kappa shape index (κ1) is 19.6. The van der Waals surface area contributed by atoms with E-state index in [4.69, 9.17) is 11.6 Å². The molecule has 0 bridgehead atoms. The third kappa shape index (κ3) is 3.64. The molecule has 0 atom stereocenters. The van der Waals surface area contributed by atoms with Gasteiger partial charge in [0.1, 0.15) is 5.82 Å². The van der Waals surface area contributed by atoms with Gasteiger partial charge in [0.25, 0.3) is 5.91 Å². The molecule has 1 amide bonds. The summed E-state index contributed by atoms with van der Waals surface area (Å²) in [5.74, 6) is 0.237. The number of aryl methyl sites for hydroxylation is 1. The maximum absolute atomic E-state index is 13.1. The Morgan fingerprint density at radius 3 is 2.52 bits per heavy atom. The first-order valence-corrected chi connectivity index (χ1v) is 9.48. The fourth-order valence-corrected chi connectivity index (χ4v) is 3.94. The molecule has 2 aromatic heterocycles. The van der Waals surface area contributed by atoms with Gasteiger partial charge in [0.2, 0.25) is 0 Å². The zero-order valence-corrected chi connectivity index (χ0v) is 16.3. The lowest BCUT2D eigenvalue weighted by atomic mass is 10.1. The van der Waals surface area contributed by atoms with Crippen molar-refractivity contribution in [1.29, 1.82) is 0 Å². The fourth-order valence-electron chi connectivity index (χ4n) is 3.65. The van der Waals surface area contributed by atoms with E-state index in [-0.39, 0.29) is 10.9 Å². The highest BCUT2D eigenvalue weighted by atomic mass is 35.5. The minimum absolute atomic E-state index is 0.0490. The summed E-state index contributed by atoms with van der Waals surface area (Å²) in [5.41, 5.74) is 1.49. The van der Waals surface area contributed by atoms with Gasteiger partial charge in [-0.25, -0.2) is 4.98 Å². The van der Waals surface area contributed by atoms with E-state index in [1.807, 2.05) is 31.2 Å². The summed E-state index contributed by atoms with van der Waals surface area (Å²) in [4.78, 5) is 23.8. The molecule has 9 heteroatoms. The number of benzene rings is 1. The van der Waals surface area contributed by atoms with Gasteiger partial charge in [-0.05, 0) is 19.1 Å². The Morgan fingerprint density at radius 1 is 1.17 bits per heavy atom. The molecule has 29 heavy (non-hydrogen) atoms. The summed E-state index contributed by atoms with van der Waals surface area (Å²) in [5, 5.41) is 0.831. The van der Waals surface area contributed by atoms with E-state index in [2.05, 4.69) is 9.97 Å². The van der Waals surface area contributed by atoms with E-state index in [1.165, 1.54) is 0 Å². The van der Waals surface area contributed by atoms with Crippen LogP contribution in [-0.2, 0) is 6.18 Å². The van der Waals surface area contributed by atoms with Gasteiger partial charge in [0, 0.05) is 49.0 Å². The van der Waals surface area contributed by atoms with Crippen LogP contribution < -0.4 is 4.90 Å². The SMILES string of the molecule is Cc1[nH]c2ccccc2c1C(=O)N1CCN(c2ncc(C(F)(F)F)cc2Cl)CC1. The maximum atomic E-state index is 13.1. The second-order valence-electron chi connectivity index (χ2n) is 6.98. The molecule has 0 spiro atoms. The summed E-state index contributed by atoms with van der Waals surface area (Å²) in [6.07, 6.45) is -3.70. The van der Waals surface area contributed by atoms with Gasteiger partial charge in [-0.3, -0.25) is 4.79 Å². The third-order valence-electron chi connectivity index (χ3n) is 5.12. The number of aromatic amines is 1. The van der Waals surface area contributed by atoms with E-state index in [0.717, 1.165) is 28.9 Å². The van der Waals surface area contributed by atoms with E-state index in [1.54, 1.807) is 9.80 Å². The van der Waals surface area contributed by atoms with Crippen molar-refractivity contribution in [2.45, 2.75) is 13.1 Å². The molecule has 1 aliphatic rings. The Bertz CT molecular complexity index is 1070. The molecule has 1 saturated heterocycles. The molecule has 0 unspecified atom stereocenters. The Kier molecular flexibility index (Phi) is 4.90. The number of alkyl halides is 3. The van der Waals surface area contributed by atoms with Gasteiger partial charge in [-0.1, -0.05) is 29.8 Å². The van der Waals surface area contributed by atoms with Gasteiger partial charge in [-0.15, -0.1) is 0 Å². The molecule has 3 heterocycles. The molecule has 5 nitrogen and oxygen atoms in total. The quantitative estimate of drug-likeness (QED) is 0.661. The lowest BCUT2D eigenvalue weighted by molar-refractivity contribution is -0.137. The minimum atomic E-state index is -4.49. The molecule has 4 rings (SSSR count). The molecular formula is C20H18ClF3N4O. The van der Waals surface area contributed by atoms with Crippen LogP contribution in [0.2, 0.25) is 5.02 Å². The molecule has 1 N–H and O–H groups in total. The Morgan fingerprint density at radius 2 is 1.86 bits per heavy atom. The first-order valence-electron chi connectivity index (χ1n) is 9.10. The van der Waals surface area contributed by atoms with Crippen LogP contribution >= 0.6 is 11.6 Å². The predicted octanol–water partition coefficient (Wildman–Crippen LogP) is 4.51. The molecule has 0 aliphatic carbocycles. The van der Waals surface area contributed by atoms with E-state index in [0.29, 0.717) is 37.6 Å². The zero-order valence-electron chi connectivity index (χ0n) is 15.6. The van der Waals surface area contributed by atoms with Crippen LogP contribution in [0.1, 0.15) is 21.6 Å². The first-order chi connectivity index (χ1) is 13.8. The van der Waals surface area contributed by atoms with Crippen molar-refractivity contribution >= 4 is 34.2 Å². The van der Waals surface area contributed by atoms with Gasteiger partial charge in [-0.2, -0.15) is 13.2 Å². The molecular weight excluding hydrogens is 405 g/mol. The number of fused-ring (bicyclic) bond motifs is 1. The normalized spacial score (nSPS) is 15.2. The highest BCUT2D eigenvalue weighted by Crippen LogP contribution is 2.34. The molecule has 3 aromatic rings. The number of carbonyl (C=O) groups excluding carboxylic acids is 1. The monoisotopic (exact) mass is 422 g/mol. The number of piperazine rings is 1. The zero-order chi connectivity index (χ0) is 20.8. The van der Waals surface area contributed by atoms with Crippen molar-refractivity contribution in [3.8, 4) is 0 Å². The van der Waals surface area contributed by atoms with Crippen LogP contribution in [0.5, 0.6) is 0 Å². The van der Waals surface area contributed by atoms with Crippen molar-refractivity contribution in [2.24, 2.45) is 0 Å². The molecule has 1 aliphatic heterocycles. The van der Waals surface area contributed by atoms with Crippen molar-refractivity contribution in [3.63, 3.8) is 0 Å². The number of aromatic nitrogens is 2. The average Bonchev–Trinajstić information content (AvgIpc) is 3.02. The summed E-state index contributed by atoms with van der Waals surface area (Å²) in [6.45, 7) is 3.60. The number of nitrogens with zero attached hydrogens (tertiary/aromatic N) is 3. The number of para-hydroxylation sites is 1. The van der Waals surface area contributed by atoms with Gasteiger partial charge in [0.15, 0.2) is 0 Å². The highest BCUT2D eigenvalue weighted by Gasteiger charge is 2.33. The number of rotatable bonds is 2. The molecule has 0 radical (unpaired) electrons. The predicted molar refractivity (Wildman–Crippen MR) is 105 cm³/mol. The van der Waals surface area contributed by atoms with Crippen LogP contribution in [0, 0.1) is 6.92 Å². The number of halogens is 4. The Balaban J connectivity index is 1.50. The number of hydrogen-bond acceptors (Lipinski definition) is 3. The number of pyridine rings is 1. The second-order valence-corrected chi connectivity index (χ2v) is 7.38. The molecule has 0 saturated carbocycles. The second kappa shape index (κ2) is 7.26. The van der Waals surface area contributed by atoms with Crippen molar-refractivity contribution < 1.29 is 18.0 Å². The van der Waals surface area contributed by atoms with Crippen LogP contribution in [0.25, 0.3) is 10.9 Å². The lowest BCUT2D eigenvalue weighted by Gasteiger charge is -2.36. The topological polar surface area (TPSA) is 52.2 Å². The largest absolute Gasteiger partial charge is 0.417 e. The Hall–Kier alpha value is -2.74. The lowest BCUT2D eigenvalue weighted by Crippen LogP contribution is -2.49. The number of H-pyrrole nitrogens is 1. The number of hydrogen-bond donors (Lipinski definition) is 1. The van der Waals surface area contributed by atoms with Gasteiger partial charge < -0.3 is 14.8 Å². The number of carbonyl (C=O) groups is 1. The van der Waals surface area contributed by atoms with Crippen molar-refractivity contribution in [1.82, 2.24) is 14.9 Å². The number of anilines is 1. The van der Waals surface area contributed by atoms with Gasteiger partial charge in [0.05, 0.1) is 16.1 Å². The van der Waals surface area contributed by atoms with Crippen LogP contribution in [0.15, 0.2) is 36.5 Å². The highest BCUT2D eigenvalue weighted by molar-refractivity contribution is 6.33. The summed E-state index contributed by atoms with van der Waals surface area (Å²) >= 11 is 6.05.